The van der Waals surface area contributed by atoms with Crippen LogP contribution in [-0.2, 0) is 17.8 Å². The van der Waals surface area contributed by atoms with Crippen molar-refractivity contribution in [3.8, 4) is 22.8 Å². The zero-order valence-corrected chi connectivity index (χ0v) is 19.9. The number of esters is 1. The predicted octanol–water partition coefficient (Wildman–Crippen LogP) is 5.71. The fourth-order valence-electron chi connectivity index (χ4n) is 3.40. The highest BCUT2D eigenvalue weighted by atomic mass is 32.2. The van der Waals surface area contributed by atoms with E-state index in [2.05, 4.69) is 0 Å². The van der Waals surface area contributed by atoms with E-state index in [1.165, 1.54) is 30.5 Å². The number of hydrogen-bond acceptors (Lipinski definition) is 7. The van der Waals surface area contributed by atoms with Gasteiger partial charge in [0.05, 0.1) is 12.7 Å². The van der Waals surface area contributed by atoms with Crippen LogP contribution in [0.15, 0.2) is 99.0 Å². The van der Waals surface area contributed by atoms with Crippen LogP contribution >= 0.6 is 11.8 Å². The Morgan fingerprint density at radius 1 is 0.943 bits per heavy atom. The van der Waals surface area contributed by atoms with Gasteiger partial charge in [-0.1, -0.05) is 42.5 Å². The summed E-state index contributed by atoms with van der Waals surface area (Å²) in [5, 5.41) is 10.4. The summed E-state index contributed by atoms with van der Waals surface area (Å²) >= 11 is 1.28. The number of carbonyl (C=O) groups excluding carboxylic acids is 1. The normalized spacial score (nSPS) is 10.7. The van der Waals surface area contributed by atoms with Gasteiger partial charge in [-0.15, -0.1) is 11.8 Å². The van der Waals surface area contributed by atoms with Crippen LogP contribution in [-0.4, -0.2) is 23.9 Å². The first-order valence-electron chi connectivity index (χ1n) is 11.0. The van der Waals surface area contributed by atoms with Gasteiger partial charge in [0.2, 0.25) is 0 Å². The first-order valence-corrected chi connectivity index (χ1v) is 12.0. The summed E-state index contributed by atoms with van der Waals surface area (Å²) in [7, 11) is 1.34. The second-order valence-corrected chi connectivity index (χ2v) is 8.80. The Hall–Kier alpha value is -3.97. The second-order valence-electron chi connectivity index (χ2n) is 7.70. The van der Waals surface area contributed by atoms with Gasteiger partial charge in [0, 0.05) is 17.4 Å². The molecule has 3 aromatic carbocycles. The summed E-state index contributed by atoms with van der Waals surface area (Å²) in [5.74, 6) is 1.09. The topological polar surface area (TPSA) is 86.0 Å². The number of aryl methyl sites for hydroxylation is 1. The Kier molecular flexibility index (Phi) is 7.90. The third-order valence-electron chi connectivity index (χ3n) is 5.29. The maximum absolute atomic E-state index is 12.5. The van der Waals surface area contributed by atoms with Crippen molar-refractivity contribution >= 4 is 17.7 Å². The van der Waals surface area contributed by atoms with Gasteiger partial charge in [0.25, 0.3) is 0 Å². The summed E-state index contributed by atoms with van der Waals surface area (Å²) in [4.78, 5) is 24.2. The van der Waals surface area contributed by atoms with Crippen LogP contribution in [0.1, 0.15) is 21.5 Å². The van der Waals surface area contributed by atoms with Gasteiger partial charge in [-0.25, -0.2) is 9.59 Å². The van der Waals surface area contributed by atoms with Crippen molar-refractivity contribution in [2.45, 2.75) is 17.9 Å². The smallest absolute Gasteiger partial charge is 0.353 e. The highest BCUT2D eigenvalue weighted by Gasteiger charge is 2.13. The number of benzene rings is 3. The van der Waals surface area contributed by atoms with Crippen molar-refractivity contribution in [2.24, 2.45) is 0 Å². The molecule has 0 saturated heterocycles. The van der Waals surface area contributed by atoms with E-state index in [9.17, 15) is 14.7 Å². The Labute approximate surface area is 207 Å². The third kappa shape index (κ3) is 6.33. The van der Waals surface area contributed by atoms with E-state index in [0.717, 1.165) is 12.0 Å². The molecule has 6 nitrogen and oxygen atoms in total. The molecule has 0 saturated carbocycles. The number of carbonyl (C=O) groups is 1. The van der Waals surface area contributed by atoms with Gasteiger partial charge in [0.15, 0.2) is 0 Å². The molecular weight excluding hydrogens is 464 g/mol. The van der Waals surface area contributed by atoms with Crippen molar-refractivity contribution in [1.29, 1.82) is 0 Å². The number of ether oxygens (including phenoxy) is 2. The lowest BCUT2D eigenvalue weighted by atomic mass is 10.1. The average molecular weight is 489 g/mol. The van der Waals surface area contributed by atoms with Crippen LogP contribution in [0.25, 0.3) is 11.3 Å². The van der Waals surface area contributed by atoms with E-state index < -0.39 is 5.63 Å². The third-order valence-corrected chi connectivity index (χ3v) is 6.36. The highest BCUT2D eigenvalue weighted by Crippen LogP contribution is 2.31. The molecule has 4 rings (SSSR count). The van der Waals surface area contributed by atoms with Crippen molar-refractivity contribution in [1.82, 2.24) is 0 Å². The summed E-state index contributed by atoms with van der Waals surface area (Å²) in [6.45, 7) is 0.325. The average Bonchev–Trinajstić information content (AvgIpc) is 2.89. The summed E-state index contributed by atoms with van der Waals surface area (Å²) in [6, 6.07) is 25.4. The fraction of sp³-hybridized carbons (Fsp3) is 0.143. The van der Waals surface area contributed by atoms with Crippen molar-refractivity contribution in [2.75, 3.05) is 12.9 Å². The Morgan fingerprint density at radius 2 is 1.66 bits per heavy atom. The SMILES string of the molecule is COC(=O)c1ccc(COc2ccc(-c3cc(O)c(SCCc4ccccc4)c(=O)o3)cc2)cc1. The van der Waals surface area contributed by atoms with E-state index in [1.54, 1.807) is 48.5 Å². The van der Waals surface area contributed by atoms with Gasteiger partial charge in [-0.05, 0) is 53.9 Å². The zero-order valence-electron chi connectivity index (χ0n) is 19.1. The summed E-state index contributed by atoms with van der Waals surface area (Å²) in [6.07, 6.45) is 0.781. The molecule has 1 heterocycles. The largest absolute Gasteiger partial charge is 0.506 e. The van der Waals surface area contributed by atoms with E-state index in [4.69, 9.17) is 13.9 Å². The van der Waals surface area contributed by atoms with Crippen molar-refractivity contribution in [3.05, 3.63) is 112 Å². The molecule has 1 aromatic heterocycles. The Bertz CT molecular complexity index is 1330. The minimum atomic E-state index is -0.561. The van der Waals surface area contributed by atoms with Crippen molar-refractivity contribution < 1.29 is 23.8 Å². The number of methoxy groups -OCH3 is 1. The molecule has 0 unspecified atom stereocenters. The first kappa shape index (κ1) is 24.2. The van der Waals surface area contributed by atoms with Gasteiger partial charge in [-0.3, -0.25) is 0 Å². The zero-order chi connectivity index (χ0) is 24.6. The molecule has 0 fully saturated rings. The minimum absolute atomic E-state index is 0.0926. The van der Waals surface area contributed by atoms with Gasteiger partial charge in [-0.2, -0.15) is 0 Å². The standard InChI is InChI=1S/C28H24O6S/c1-32-27(30)22-9-7-20(8-10-22)18-33-23-13-11-21(12-14-23)25-17-24(29)26(28(31)34-25)35-16-15-19-5-3-2-4-6-19/h2-14,17,29H,15-16,18H2,1H3. The number of hydrogen-bond donors (Lipinski definition) is 1. The minimum Gasteiger partial charge on any atom is -0.506 e. The molecule has 0 atom stereocenters. The monoisotopic (exact) mass is 488 g/mol. The molecule has 7 heteroatoms. The van der Waals surface area contributed by atoms with Crippen LogP contribution in [0.5, 0.6) is 11.5 Å². The molecule has 0 radical (unpaired) electrons. The predicted molar refractivity (Wildman–Crippen MR) is 135 cm³/mol. The maximum Gasteiger partial charge on any atom is 0.353 e. The van der Waals surface area contributed by atoms with Crippen LogP contribution in [0.3, 0.4) is 0 Å². The van der Waals surface area contributed by atoms with Crippen molar-refractivity contribution in [3.63, 3.8) is 0 Å². The highest BCUT2D eigenvalue weighted by molar-refractivity contribution is 7.99. The van der Waals surface area contributed by atoms with Crippen LogP contribution in [0.4, 0.5) is 0 Å². The van der Waals surface area contributed by atoms with Gasteiger partial charge in [0.1, 0.15) is 28.8 Å². The van der Waals surface area contributed by atoms with E-state index >= 15 is 0 Å². The Balaban J connectivity index is 1.36. The molecule has 0 aliphatic carbocycles. The molecule has 0 aliphatic rings. The van der Waals surface area contributed by atoms with Crippen LogP contribution in [0, 0.1) is 0 Å². The molecule has 35 heavy (non-hydrogen) atoms. The lowest BCUT2D eigenvalue weighted by Crippen LogP contribution is -2.04. The molecular formula is C28H24O6S. The molecule has 0 spiro atoms. The molecule has 178 valence electrons. The van der Waals surface area contributed by atoms with Gasteiger partial charge >= 0.3 is 11.6 Å². The van der Waals surface area contributed by atoms with Gasteiger partial charge < -0.3 is 19.0 Å². The second kappa shape index (κ2) is 11.4. The Morgan fingerprint density at radius 3 is 2.31 bits per heavy atom. The van der Waals surface area contributed by atoms with E-state index in [0.29, 0.717) is 29.2 Å². The molecule has 0 aliphatic heterocycles. The quantitative estimate of drug-likeness (QED) is 0.238. The number of rotatable bonds is 9. The maximum atomic E-state index is 12.5. The lowest BCUT2D eigenvalue weighted by Gasteiger charge is -2.09. The molecule has 4 aromatic rings. The summed E-state index contributed by atoms with van der Waals surface area (Å²) in [5.41, 5.74) is 2.63. The number of thioether (sulfide) groups is 1. The number of aromatic hydroxyl groups is 1. The molecule has 0 amide bonds. The first-order chi connectivity index (χ1) is 17.0. The molecule has 0 bridgehead atoms. The van der Waals surface area contributed by atoms with E-state index in [-0.39, 0.29) is 22.4 Å². The summed E-state index contributed by atoms with van der Waals surface area (Å²) < 4.78 is 16.0. The van der Waals surface area contributed by atoms with E-state index in [1.807, 2.05) is 30.3 Å². The van der Waals surface area contributed by atoms with Crippen LogP contribution < -0.4 is 10.4 Å². The molecule has 1 N–H and O–H groups in total. The lowest BCUT2D eigenvalue weighted by molar-refractivity contribution is 0.0600. The van der Waals surface area contributed by atoms with Crippen LogP contribution in [0.2, 0.25) is 0 Å². The fourth-order valence-corrected chi connectivity index (χ4v) is 4.31.